The highest BCUT2D eigenvalue weighted by molar-refractivity contribution is 5.90. The molecule has 17 heavy (non-hydrogen) atoms. The zero-order valence-corrected chi connectivity index (χ0v) is 8.92. The van der Waals surface area contributed by atoms with Gasteiger partial charge in [-0.25, -0.2) is 5.10 Å². The lowest BCUT2D eigenvalue weighted by atomic mass is 10.1. The summed E-state index contributed by atoms with van der Waals surface area (Å²) in [6, 6.07) is 13.2. The summed E-state index contributed by atoms with van der Waals surface area (Å²) in [6.07, 6.45) is 1.66. The van der Waals surface area contributed by atoms with Gasteiger partial charge in [-0.3, -0.25) is 9.78 Å². The molecule has 1 N–H and O–H groups in total. The number of H-pyrrole nitrogens is 1. The monoisotopic (exact) mass is 223 g/mol. The maximum atomic E-state index is 11.6. The van der Waals surface area contributed by atoms with Gasteiger partial charge in [-0.1, -0.05) is 30.3 Å². The molecule has 0 aliphatic heterocycles. The Bertz CT molecular complexity index is 719. The molecule has 0 unspecified atom stereocenters. The molecule has 0 atom stereocenters. The third-order valence-electron chi connectivity index (χ3n) is 2.59. The van der Waals surface area contributed by atoms with Crippen LogP contribution in [0.15, 0.2) is 53.5 Å². The van der Waals surface area contributed by atoms with Crippen LogP contribution in [0.4, 0.5) is 0 Å². The Hall–Kier alpha value is -2.49. The number of aromatic nitrogens is 3. The van der Waals surface area contributed by atoms with Crippen LogP contribution < -0.4 is 5.56 Å². The minimum atomic E-state index is -0.215. The van der Waals surface area contributed by atoms with Gasteiger partial charge in [-0.15, -0.1) is 0 Å². The zero-order valence-electron chi connectivity index (χ0n) is 8.92. The molecule has 0 saturated heterocycles. The number of hydrogen-bond acceptors (Lipinski definition) is 3. The summed E-state index contributed by atoms with van der Waals surface area (Å²) in [5, 5.41) is 7.13. The predicted octanol–water partition coefficient (Wildman–Crippen LogP) is 1.99. The Balaban J connectivity index is 2.39. The number of aromatic amines is 1. The molecular weight excluding hydrogens is 214 g/mol. The van der Waals surface area contributed by atoms with E-state index < -0.39 is 0 Å². The van der Waals surface area contributed by atoms with E-state index in [0.29, 0.717) is 16.6 Å². The van der Waals surface area contributed by atoms with Crippen LogP contribution in [-0.4, -0.2) is 15.2 Å². The van der Waals surface area contributed by atoms with Gasteiger partial charge >= 0.3 is 0 Å². The van der Waals surface area contributed by atoms with E-state index in [1.807, 2.05) is 30.3 Å². The summed E-state index contributed by atoms with van der Waals surface area (Å²) >= 11 is 0. The molecule has 82 valence electrons. The van der Waals surface area contributed by atoms with Gasteiger partial charge in [-0.05, 0) is 12.1 Å². The zero-order chi connectivity index (χ0) is 11.7. The van der Waals surface area contributed by atoms with Crippen molar-refractivity contribution in [2.75, 3.05) is 0 Å². The standard InChI is InChI=1S/C13H9N3O/c17-13-10-7-4-8-14-12(10)11(15-16-13)9-5-2-1-3-6-9/h1-8H,(H,16,17). The van der Waals surface area contributed by atoms with Crippen LogP contribution in [0.5, 0.6) is 0 Å². The second kappa shape index (κ2) is 3.83. The van der Waals surface area contributed by atoms with Gasteiger partial charge in [0.15, 0.2) is 0 Å². The fraction of sp³-hybridized carbons (Fsp3) is 0. The molecule has 2 heterocycles. The molecule has 0 fully saturated rings. The Morgan fingerprint density at radius 1 is 1.00 bits per heavy atom. The van der Waals surface area contributed by atoms with E-state index in [9.17, 15) is 4.79 Å². The Kier molecular flexibility index (Phi) is 2.19. The number of hydrogen-bond donors (Lipinski definition) is 1. The fourth-order valence-corrected chi connectivity index (χ4v) is 1.79. The van der Waals surface area contributed by atoms with Crippen LogP contribution in [0.25, 0.3) is 22.2 Å². The third kappa shape index (κ3) is 1.59. The van der Waals surface area contributed by atoms with Crippen LogP contribution >= 0.6 is 0 Å². The van der Waals surface area contributed by atoms with Gasteiger partial charge in [0.1, 0.15) is 11.2 Å². The molecule has 0 spiro atoms. The second-order valence-electron chi connectivity index (χ2n) is 3.67. The summed E-state index contributed by atoms with van der Waals surface area (Å²) < 4.78 is 0. The van der Waals surface area contributed by atoms with E-state index >= 15 is 0 Å². The van der Waals surface area contributed by atoms with Crippen LogP contribution in [-0.2, 0) is 0 Å². The molecule has 0 amide bonds. The average Bonchev–Trinajstić information content (AvgIpc) is 2.41. The predicted molar refractivity (Wildman–Crippen MR) is 65.6 cm³/mol. The summed E-state index contributed by atoms with van der Waals surface area (Å²) in [7, 11) is 0. The second-order valence-corrected chi connectivity index (χ2v) is 3.67. The fourth-order valence-electron chi connectivity index (χ4n) is 1.79. The number of fused-ring (bicyclic) bond motifs is 1. The molecule has 0 aliphatic carbocycles. The molecular formula is C13H9N3O. The van der Waals surface area contributed by atoms with Gasteiger partial charge in [0.25, 0.3) is 5.56 Å². The largest absolute Gasteiger partial charge is 0.273 e. The van der Waals surface area contributed by atoms with Gasteiger partial charge in [-0.2, -0.15) is 5.10 Å². The first-order chi connectivity index (χ1) is 8.36. The normalized spacial score (nSPS) is 10.6. The summed E-state index contributed by atoms with van der Waals surface area (Å²) in [5.41, 5.74) is 2.04. The number of nitrogens with zero attached hydrogens (tertiary/aromatic N) is 2. The van der Waals surface area contributed by atoms with Gasteiger partial charge < -0.3 is 0 Å². The van der Waals surface area contributed by atoms with Crippen molar-refractivity contribution >= 4 is 10.9 Å². The molecule has 3 rings (SSSR count). The highest BCUT2D eigenvalue weighted by Gasteiger charge is 2.08. The maximum Gasteiger partial charge on any atom is 0.273 e. The molecule has 0 radical (unpaired) electrons. The highest BCUT2D eigenvalue weighted by atomic mass is 16.1. The Morgan fingerprint density at radius 2 is 1.82 bits per heavy atom. The SMILES string of the molecule is O=c1[nH]nc(-c2ccccc2)c2ncccc12. The summed E-state index contributed by atoms with van der Waals surface area (Å²) in [4.78, 5) is 15.8. The van der Waals surface area contributed by atoms with E-state index in [1.165, 1.54) is 0 Å². The van der Waals surface area contributed by atoms with Gasteiger partial charge in [0.2, 0.25) is 0 Å². The van der Waals surface area contributed by atoms with Crippen molar-refractivity contribution in [2.45, 2.75) is 0 Å². The summed E-state index contributed by atoms with van der Waals surface area (Å²) in [6.45, 7) is 0. The molecule has 1 aromatic carbocycles. The molecule has 4 heteroatoms. The van der Waals surface area contributed by atoms with E-state index in [2.05, 4.69) is 15.2 Å². The molecule has 0 bridgehead atoms. The molecule has 4 nitrogen and oxygen atoms in total. The maximum absolute atomic E-state index is 11.6. The number of rotatable bonds is 1. The average molecular weight is 223 g/mol. The van der Waals surface area contributed by atoms with E-state index in [1.54, 1.807) is 18.3 Å². The number of pyridine rings is 1. The minimum absolute atomic E-state index is 0.215. The topological polar surface area (TPSA) is 58.6 Å². The van der Waals surface area contributed by atoms with Crippen molar-refractivity contribution < 1.29 is 0 Å². The van der Waals surface area contributed by atoms with Crippen molar-refractivity contribution in [1.29, 1.82) is 0 Å². The van der Waals surface area contributed by atoms with Crippen molar-refractivity contribution in [3.05, 3.63) is 59.0 Å². The number of benzene rings is 1. The highest BCUT2D eigenvalue weighted by Crippen LogP contribution is 2.21. The quantitative estimate of drug-likeness (QED) is 0.686. The van der Waals surface area contributed by atoms with Gasteiger partial charge in [0, 0.05) is 11.8 Å². The van der Waals surface area contributed by atoms with Crippen LogP contribution in [0.2, 0.25) is 0 Å². The van der Waals surface area contributed by atoms with Crippen LogP contribution in [0, 0.1) is 0 Å². The molecule has 0 saturated carbocycles. The first kappa shape index (κ1) is 9.72. The van der Waals surface area contributed by atoms with Gasteiger partial charge in [0.05, 0.1) is 5.39 Å². The molecule has 3 aromatic rings. The Morgan fingerprint density at radius 3 is 2.65 bits per heavy atom. The lowest BCUT2D eigenvalue weighted by molar-refractivity contribution is 1.01. The first-order valence-electron chi connectivity index (χ1n) is 5.25. The smallest absolute Gasteiger partial charge is 0.267 e. The Labute approximate surface area is 97.0 Å². The third-order valence-corrected chi connectivity index (χ3v) is 2.59. The van der Waals surface area contributed by atoms with E-state index in [0.717, 1.165) is 5.56 Å². The van der Waals surface area contributed by atoms with Crippen molar-refractivity contribution in [1.82, 2.24) is 15.2 Å². The van der Waals surface area contributed by atoms with Crippen molar-refractivity contribution in [2.24, 2.45) is 0 Å². The van der Waals surface area contributed by atoms with Crippen LogP contribution in [0.1, 0.15) is 0 Å². The van der Waals surface area contributed by atoms with Crippen molar-refractivity contribution in [3.8, 4) is 11.3 Å². The van der Waals surface area contributed by atoms with E-state index in [-0.39, 0.29) is 5.56 Å². The number of nitrogens with one attached hydrogen (secondary N) is 1. The van der Waals surface area contributed by atoms with Crippen molar-refractivity contribution in [3.63, 3.8) is 0 Å². The lowest BCUT2D eigenvalue weighted by Gasteiger charge is -2.03. The lowest BCUT2D eigenvalue weighted by Crippen LogP contribution is -2.10. The first-order valence-corrected chi connectivity index (χ1v) is 5.25. The minimum Gasteiger partial charge on any atom is -0.267 e. The molecule has 0 aliphatic rings. The molecule has 2 aromatic heterocycles. The van der Waals surface area contributed by atoms with Crippen LogP contribution in [0.3, 0.4) is 0 Å². The summed E-state index contributed by atoms with van der Waals surface area (Å²) in [5.74, 6) is 0. The van der Waals surface area contributed by atoms with E-state index in [4.69, 9.17) is 0 Å².